The number of aliphatic imine (C=N–C) groups is 1. The number of hydrogen-bond donors (Lipinski definition) is 2. The highest BCUT2D eigenvalue weighted by Gasteiger charge is 2.28. The molecule has 1 fully saturated rings. The van der Waals surface area contributed by atoms with Crippen LogP contribution in [0.25, 0.3) is 0 Å². The quantitative estimate of drug-likeness (QED) is 0.391. The summed E-state index contributed by atoms with van der Waals surface area (Å²) in [4.78, 5) is 6.74. The van der Waals surface area contributed by atoms with Crippen molar-refractivity contribution in [3.8, 4) is 5.75 Å². The second-order valence-electron chi connectivity index (χ2n) is 7.27. The average Bonchev–Trinajstić information content (AvgIpc) is 2.69. The number of rotatable bonds is 9. The minimum atomic E-state index is -0.248. The van der Waals surface area contributed by atoms with Gasteiger partial charge in [0.1, 0.15) is 11.6 Å². The van der Waals surface area contributed by atoms with Crippen molar-refractivity contribution >= 4 is 5.96 Å². The lowest BCUT2D eigenvalue weighted by molar-refractivity contribution is -0.00833. The lowest BCUT2D eigenvalue weighted by Gasteiger charge is -2.41. The van der Waals surface area contributed by atoms with E-state index >= 15 is 0 Å². The summed E-state index contributed by atoms with van der Waals surface area (Å²) in [6, 6.07) is 6.11. The molecule has 152 valence electrons. The molecule has 1 heterocycles. The summed E-state index contributed by atoms with van der Waals surface area (Å²) in [7, 11) is 1.79. The van der Waals surface area contributed by atoms with Crippen LogP contribution < -0.4 is 15.4 Å². The maximum absolute atomic E-state index is 12.8. The Balaban J connectivity index is 1.59. The molecular weight excluding hydrogens is 347 g/mol. The predicted octanol–water partition coefficient (Wildman–Crippen LogP) is 2.26. The molecule has 1 aliphatic heterocycles. The van der Waals surface area contributed by atoms with Crippen molar-refractivity contribution < 1.29 is 13.9 Å². The molecule has 2 rings (SSSR count). The van der Waals surface area contributed by atoms with Gasteiger partial charge >= 0.3 is 0 Å². The highest BCUT2D eigenvalue weighted by molar-refractivity contribution is 5.79. The molecule has 27 heavy (non-hydrogen) atoms. The Labute approximate surface area is 162 Å². The first-order chi connectivity index (χ1) is 13.0. The standard InChI is InChI=1S/C20H33FN4O2/c1-20(2,25-11-14-26-15-12-25)16-24-19(22-3)23-10-4-5-13-27-18-8-6-17(21)7-9-18/h6-9H,4-5,10-16H2,1-3H3,(H2,22,23,24). The van der Waals surface area contributed by atoms with Gasteiger partial charge in [-0.1, -0.05) is 0 Å². The Kier molecular flexibility index (Phi) is 8.81. The van der Waals surface area contributed by atoms with E-state index in [9.17, 15) is 4.39 Å². The minimum absolute atomic E-state index is 0.0460. The second kappa shape index (κ2) is 11.1. The largest absolute Gasteiger partial charge is 0.494 e. The van der Waals surface area contributed by atoms with E-state index in [-0.39, 0.29) is 11.4 Å². The van der Waals surface area contributed by atoms with Crippen molar-refractivity contribution in [3.05, 3.63) is 30.1 Å². The molecular formula is C20H33FN4O2. The Bertz CT molecular complexity index is 572. The summed E-state index contributed by atoms with van der Waals surface area (Å²) in [5.74, 6) is 1.27. The zero-order valence-corrected chi connectivity index (χ0v) is 16.8. The van der Waals surface area contributed by atoms with Crippen molar-refractivity contribution in [1.82, 2.24) is 15.5 Å². The van der Waals surface area contributed by atoms with Gasteiger partial charge in [-0.3, -0.25) is 9.89 Å². The molecule has 1 aromatic rings. The van der Waals surface area contributed by atoms with Crippen LogP contribution in [0, 0.1) is 5.82 Å². The molecule has 0 amide bonds. The molecule has 6 nitrogen and oxygen atoms in total. The van der Waals surface area contributed by atoms with Gasteiger partial charge < -0.3 is 20.1 Å². The Morgan fingerprint density at radius 3 is 2.56 bits per heavy atom. The van der Waals surface area contributed by atoms with Gasteiger partial charge in [0.15, 0.2) is 5.96 Å². The van der Waals surface area contributed by atoms with Crippen molar-refractivity contribution in [2.45, 2.75) is 32.2 Å². The molecule has 0 saturated carbocycles. The van der Waals surface area contributed by atoms with Gasteiger partial charge in [-0.2, -0.15) is 0 Å². The van der Waals surface area contributed by atoms with Crippen LogP contribution in [0.15, 0.2) is 29.3 Å². The van der Waals surface area contributed by atoms with Gasteiger partial charge in [-0.25, -0.2) is 4.39 Å². The molecule has 0 aromatic heterocycles. The molecule has 0 aliphatic carbocycles. The van der Waals surface area contributed by atoms with E-state index in [0.717, 1.165) is 58.2 Å². The number of nitrogens with zero attached hydrogens (tertiary/aromatic N) is 2. The first-order valence-corrected chi connectivity index (χ1v) is 9.67. The average molecular weight is 381 g/mol. The van der Waals surface area contributed by atoms with E-state index in [2.05, 4.69) is 34.4 Å². The minimum Gasteiger partial charge on any atom is -0.494 e. The van der Waals surface area contributed by atoms with E-state index < -0.39 is 0 Å². The number of ether oxygens (including phenoxy) is 2. The number of guanidine groups is 1. The summed E-state index contributed by atoms with van der Waals surface area (Å²) in [5, 5.41) is 6.76. The van der Waals surface area contributed by atoms with Gasteiger partial charge in [-0.05, 0) is 51.0 Å². The van der Waals surface area contributed by atoms with E-state index in [0.29, 0.717) is 12.4 Å². The Morgan fingerprint density at radius 1 is 1.19 bits per heavy atom. The van der Waals surface area contributed by atoms with Gasteiger partial charge in [0, 0.05) is 38.8 Å². The first kappa shape index (κ1) is 21.4. The van der Waals surface area contributed by atoms with Gasteiger partial charge in [0.05, 0.1) is 19.8 Å². The van der Waals surface area contributed by atoms with Crippen LogP contribution in [0.4, 0.5) is 4.39 Å². The fraction of sp³-hybridized carbons (Fsp3) is 0.650. The maximum atomic E-state index is 12.8. The summed E-state index contributed by atoms with van der Waals surface area (Å²) < 4.78 is 23.9. The zero-order valence-electron chi connectivity index (χ0n) is 16.8. The topological polar surface area (TPSA) is 58.1 Å². The number of unbranched alkanes of at least 4 members (excludes halogenated alkanes) is 1. The predicted molar refractivity (Wildman–Crippen MR) is 107 cm³/mol. The van der Waals surface area contributed by atoms with Gasteiger partial charge in [-0.15, -0.1) is 0 Å². The fourth-order valence-corrected chi connectivity index (χ4v) is 2.96. The number of nitrogens with one attached hydrogen (secondary N) is 2. The van der Waals surface area contributed by atoms with E-state index in [1.54, 1.807) is 19.2 Å². The van der Waals surface area contributed by atoms with Gasteiger partial charge in [0.25, 0.3) is 0 Å². The number of hydrogen-bond acceptors (Lipinski definition) is 4. The molecule has 2 N–H and O–H groups in total. The van der Waals surface area contributed by atoms with E-state index in [1.165, 1.54) is 12.1 Å². The van der Waals surface area contributed by atoms with Crippen LogP contribution in [0.5, 0.6) is 5.75 Å². The zero-order chi connectivity index (χ0) is 19.5. The number of halogens is 1. The Morgan fingerprint density at radius 2 is 1.89 bits per heavy atom. The molecule has 7 heteroatoms. The lowest BCUT2D eigenvalue weighted by atomic mass is 10.0. The second-order valence-corrected chi connectivity index (χ2v) is 7.27. The first-order valence-electron chi connectivity index (χ1n) is 9.67. The maximum Gasteiger partial charge on any atom is 0.191 e. The molecule has 0 bridgehead atoms. The van der Waals surface area contributed by atoms with Crippen molar-refractivity contribution in [2.75, 3.05) is 53.0 Å². The molecule has 1 saturated heterocycles. The highest BCUT2D eigenvalue weighted by atomic mass is 19.1. The van der Waals surface area contributed by atoms with Crippen LogP contribution in [0.3, 0.4) is 0 Å². The van der Waals surface area contributed by atoms with Gasteiger partial charge in [0.2, 0.25) is 0 Å². The molecule has 1 aliphatic rings. The molecule has 0 spiro atoms. The van der Waals surface area contributed by atoms with Crippen LogP contribution in [-0.4, -0.2) is 69.4 Å². The summed E-state index contributed by atoms with van der Waals surface area (Å²) in [6.45, 7) is 10.3. The van der Waals surface area contributed by atoms with Crippen molar-refractivity contribution in [3.63, 3.8) is 0 Å². The smallest absolute Gasteiger partial charge is 0.191 e. The monoisotopic (exact) mass is 380 g/mol. The van der Waals surface area contributed by atoms with Crippen molar-refractivity contribution in [2.24, 2.45) is 4.99 Å². The molecule has 0 unspecified atom stereocenters. The Hall–Kier alpha value is -1.86. The lowest BCUT2D eigenvalue weighted by Crippen LogP contribution is -2.56. The number of morpholine rings is 1. The number of benzene rings is 1. The third-order valence-corrected chi connectivity index (χ3v) is 4.73. The molecule has 0 atom stereocenters. The third kappa shape index (κ3) is 7.72. The summed E-state index contributed by atoms with van der Waals surface area (Å²) >= 11 is 0. The van der Waals surface area contributed by atoms with E-state index in [4.69, 9.17) is 9.47 Å². The SMILES string of the molecule is CN=C(NCCCCOc1ccc(F)cc1)NCC(C)(C)N1CCOCC1. The third-order valence-electron chi connectivity index (χ3n) is 4.73. The summed E-state index contributed by atoms with van der Waals surface area (Å²) in [5.41, 5.74) is 0.0460. The van der Waals surface area contributed by atoms with Crippen LogP contribution in [0.2, 0.25) is 0 Å². The van der Waals surface area contributed by atoms with Crippen molar-refractivity contribution in [1.29, 1.82) is 0 Å². The molecule has 0 radical (unpaired) electrons. The van der Waals surface area contributed by atoms with E-state index in [1.807, 2.05) is 0 Å². The highest BCUT2D eigenvalue weighted by Crippen LogP contribution is 2.15. The normalized spacial score (nSPS) is 16.2. The summed E-state index contributed by atoms with van der Waals surface area (Å²) in [6.07, 6.45) is 1.88. The van der Waals surface area contributed by atoms with Crippen LogP contribution >= 0.6 is 0 Å². The fourth-order valence-electron chi connectivity index (χ4n) is 2.96. The van der Waals surface area contributed by atoms with Crippen LogP contribution in [0.1, 0.15) is 26.7 Å². The van der Waals surface area contributed by atoms with Crippen LogP contribution in [-0.2, 0) is 4.74 Å². The molecule has 1 aromatic carbocycles.